The van der Waals surface area contributed by atoms with Gasteiger partial charge in [-0.2, -0.15) is 0 Å². The summed E-state index contributed by atoms with van der Waals surface area (Å²) >= 11 is 0. The highest BCUT2D eigenvalue weighted by molar-refractivity contribution is 5.94. The molecule has 1 aromatic carbocycles. The molecule has 2 aromatic rings. The van der Waals surface area contributed by atoms with E-state index in [1.165, 1.54) is 7.11 Å². The summed E-state index contributed by atoms with van der Waals surface area (Å²) in [5.41, 5.74) is 1.19. The molecule has 0 N–H and O–H groups in total. The zero-order chi connectivity index (χ0) is 17.8. The number of rotatable bonds is 4. The Kier molecular flexibility index (Phi) is 5.19. The average molecular weight is 342 g/mol. The van der Waals surface area contributed by atoms with Crippen molar-refractivity contribution in [1.82, 2.24) is 9.80 Å². The molecule has 0 saturated carbocycles. The van der Waals surface area contributed by atoms with Crippen molar-refractivity contribution in [2.75, 3.05) is 33.3 Å². The van der Waals surface area contributed by atoms with E-state index in [1.807, 2.05) is 35.2 Å². The first-order valence-electron chi connectivity index (χ1n) is 8.33. The fourth-order valence-electron chi connectivity index (χ4n) is 3.03. The van der Waals surface area contributed by atoms with Gasteiger partial charge in [-0.1, -0.05) is 18.2 Å². The van der Waals surface area contributed by atoms with Crippen molar-refractivity contribution in [3.63, 3.8) is 0 Å². The minimum Gasteiger partial charge on any atom is -0.465 e. The lowest BCUT2D eigenvalue weighted by Crippen LogP contribution is -2.48. The molecule has 6 nitrogen and oxygen atoms in total. The number of ether oxygens (including phenoxy) is 1. The van der Waals surface area contributed by atoms with Crippen LogP contribution in [0.4, 0.5) is 0 Å². The van der Waals surface area contributed by atoms with Crippen molar-refractivity contribution in [3.8, 4) is 0 Å². The molecule has 1 aromatic heterocycles. The second kappa shape index (κ2) is 7.53. The normalized spacial score (nSPS) is 15.2. The topological polar surface area (TPSA) is 63.0 Å². The Balaban J connectivity index is 1.56. The molecule has 6 heteroatoms. The third-order valence-electron chi connectivity index (χ3n) is 4.43. The van der Waals surface area contributed by atoms with Gasteiger partial charge in [0.2, 0.25) is 0 Å². The van der Waals surface area contributed by atoms with Gasteiger partial charge in [0.05, 0.1) is 13.7 Å². The lowest BCUT2D eigenvalue weighted by atomic mass is 10.2. The summed E-state index contributed by atoms with van der Waals surface area (Å²) in [6.45, 7) is 5.27. The SMILES string of the molecule is COC(=O)c1cc(CN2CCN(C(=O)c3ccccc3)CC2)oc1C. The number of aryl methyl sites for hydroxylation is 1. The van der Waals surface area contributed by atoms with E-state index in [1.54, 1.807) is 13.0 Å². The maximum Gasteiger partial charge on any atom is 0.341 e. The molecule has 0 radical (unpaired) electrons. The van der Waals surface area contributed by atoms with Crippen LogP contribution in [-0.2, 0) is 11.3 Å². The molecule has 0 bridgehead atoms. The number of amides is 1. The van der Waals surface area contributed by atoms with Gasteiger partial charge in [0.1, 0.15) is 17.1 Å². The minimum atomic E-state index is -0.384. The molecule has 25 heavy (non-hydrogen) atoms. The first kappa shape index (κ1) is 17.2. The summed E-state index contributed by atoms with van der Waals surface area (Å²) in [6.07, 6.45) is 0. The Morgan fingerprint density at radius 3 is 2.44 bits per heavy atom. The monoisotopic (exact) mass is 342 g/mol. The number of hydrogen-bond acceptors (Lipinski definition) is 5. The maximum atomic E-state index is 12.5. The van der Waals surface area contributed by atoms with Crippen LogP contribution in [-0.4, -0.2) is 55.0 Å². The van der Waals surface area contributed by atoms with E-state index in [0.717, 1.165) is 24.4 Å². The van der Waals surface area contributed by atoms with Crippen LogP contribution in [0.2, 0.25) is 0 Å². The highest BCUT2D eigenvalue weighted by Gasteiger charge is 2.23. The van der Waals surface area contributed by atoms with Crippen LogP contribution in [0.3, 0.4) is 0 Å². The Morgan fingerprint density at radius 2 is 1.80 bits per heavy atom. The van der Waals surface area contributed by atoms with Crippen molar-refractivity contribution >= 4 is 11.9 Å². The Morgan fingerprint density at radius 1 is 1.12 bits per heavy atom. The predicted octanol–water partition coefficient (Wildman–Crippen LogP) is 2.33. The number of furan rings is 1. The third-order valence-corrected chi connectivity index (χ3v) is 4.43. The lowest BCUT2D eigenvalue weighted by molar-refractivity contribution is 0.0596. The molecule has 1 fully saturated rings. The van der Waals surface area contributed by atoms with Gasteiger partial charge in [-0.3, -0.25) is 9.69 Å². The number of benzene rings is 1. The molecule has 132 valence electrons. The molecular weight excluding hydrogens is 320 g/mol. The second-order valence-electron chi connectivity index (χ2n) is 6.11. The van der Waals surface area contributed by atoms with Crippen LogP contribution < -0.4 is 0 Å². The molecule has 0 aliphatic carbocycles. The van der Waals surface area contributed by atoms with E-state index in [0.29, 0.717) is 31.0 Å². The first-order chi connectivity index (χ1) is 12.1. The van der Waals surface area contributed by atoms with Gasteiger partial charge in [-0.15, -0.1) is 0 Å². The zero-order valence-electron chi connectivity index (χ0n) is 14.5. The van der Waals surface area contributed by atoms with Crippen molar-refractivity contribution in [2.45, 2.75) is 13.5 Å². The summed E-state index contributed by atoms with van der Waals surface area (Å²) in [4.78, 5) is 28.2. The number of esters is 1. The van der Waals surface area contributed by atoms with Gasteiger partial charge in [-0.05, 0) is 25.1 Å². The average Bonchev–Trinajstić information content (AvgIpc) is 3.02. The summed E-state index contributed by atoms with van der Waals surface area (Å²) in [5, 5.41) is 0. The summed E-state index contributed by atoms with van der Waals surface area (Å²) < 4.78 is 10.4. The Labute approximate surface area is 147 Å². The minimum absolute atomic E-state index is 0.0714. The molecule has 0 spiro atoms. The fourth-order valence-corrected chi connectivity index (χ4v) is 3.03. The molecule has 1 aliphatic rings. The summed E-state index contributed by atoms with van der Waals surface area (Å²) in [6, 6.07) is 11.1. The Bertz CT molecular complexity index is 746. The van der Waals surface area contributed by atoms with Crippen molar-refractivity contribution in [3.05, 3.63) is 59.0 Å². The zero-order valence-corrected chi connectivity index (χ0v) is 14.5. The molecule has 1 amide bonds. The van der Waals surface area contributed by atoms with Crippen LogP contribution in [0, 0.1) is 6.92 Å². The molecule has 1 aliphatic heterocycles. The van der Waals surface area contributed by atoms with E-state index < -0.39 is 0 Å². The van der Waals surface area contributed by atoms with Gasteiger partial charge >= 0.3 is 5.97 Å². The first-order valence-corrected chi connectivity index (χ1v) is 8.33. The van der Waals surface area contributed by atoms with Crippen molar-refractivity contribution in [2.24, 2.45) is 0 Å². The molecule has 3 rings (SSSR count). The van der Waals surface area contributed by atoms with E-state index in [-0.39, 0.29) is 11.9 Å². The molecular formula is C19H22N2O4. The van der Waals surface area contributed by atoms with Gasteiger partial charge in [0.25, 0.3) is 5.91 Å². The molecule has 1 saturated heterocycles. The van der Waals surface area contributed by atoms with Gasteiger partial charge in [0.15, 0.2) is 0 Å². The van der Waals surface area contributed by atoms with Crippen LogP contribution in [0.5, 0.6) is 0 Å². The predicted molar refractivity (Wildman–Crippen MR) is 92.4 cm³/mol. The van der Waals surface area contributed by atoms with Crippen LogP contribution in [0.15, 0.2) is 40.8 Å². The quantitative estimate of drug-likeness (QED) is 0.798. The van der Waals surface area contributed by atoms with E-state index in [2.05, 4.69) is 4.90 Å². The summed E-state index contributed by atoms with van der Waals surface area (Å²) in [7, 11) is 1.36. The maximum absolute atomic E-state index is 12.5. The number of hydrogen-bond donors (Lipinski definition) is 0. The lowest BCUT2D eigenvalue weighted by Gasteiger charge is -2.34. The molecule has 0 atom stereocenters. The smallest absolute Gasteiger partial charge is 0.341 e. The Hall–Kier alpha value is -2.60. The molecule has 0 unspecified atom stereocenters. The summed E-state index contributed by atoms with van der Waals surface area (Å²) in [5.74, 6) is 0.994. The number of methoxy groups -OCH3 is 1. The van der Waals surface area contributed by atoms with Gasteiger partial charge in [0, 0.05) is 31.7 Å². The number of carbonyl (C=O) groups is 2. The number of nitrogens with zero attached hydrogens (tertiary/aromatic N) is 2. The van der Waals surface area contributed by atoms with Gasteiger partial charge in [-0.25, -0.2) is 4.79 Å². The van der Waals surface area contributed by atoms with E-state index >= 15 is 0 Å². The molecule has 2 heterocycles. The van der Waals surface area contributed by atoms with Crippen molar-refractivity contribution < 1.29 is 18.7 Å². The fraction of sp³-hybridized carbons (Fsp3) is 0.368. The van der Waals surface area contributed by atoms with Crippen LogP contribution in [0.1, 0.15) is 32.2 Å². The van der Waals surface area contributed by atoms with Crippen LogP contribution >= 0.6 is 0 Å². The standard InChI is InChI=1S/C19H22N2O4/c1-14-17(19(23)24-2)12-16(25-14)13-20-8-10-21(11-9-20)18(22)15-6-4-3-5-7-15/h3-7,12H,8-11,13H2,1-2H3. The van der Waals surface area contributed by atoms with Crippen molar-refractivity contribution in [1.29, 1.82) is 0 Å². The second-order valence-corrected chi connectivity index (χ2v) is 6.11. The third kappa shape index (κ3) is 3.91. The van der Waals surface area contributed by atoms with E-state index in [4.69, 9.17) is 9.15 Å². The van der Waals surface area contributed by atoms with Crippen LogP contribution in [0.25, 0.3) is 0 Å². The van der Waals surface area contributed by atoms with Gasteiger partial charge < -0.3 is 14.1 Å². The highest BCUT2D eigenvalue weighted by Crippen LogP contribution is 2.18. The number of piperazine rings is 1. The number of carbonyl (C=O) groups excluding carboxylic acids is 2. The highest BCUT2D eigenvalue weighted by atomic mass is 16.5. The van der Waals surface area contributed by atoms with E-state index in [9.17, 15) is 9.59 Å². The largest absolute Gasteiger partial charge is 0.465 e.